The third kappa shape index (κ3) is 10.1. The van der Waals surface area contributed by atoms with Gasteiger partial charge in [-0.25, -0.2) is 0 Å². The molecule has 0 amide bonds. The van der Waals surface area contributed by atoms with Gasteiger partial charge in [-0.05, 0) is 0 Å². The number of hydrogen-bond donors (Lipinski definition) is 0. The van der Waals surface area contributed by atoms with E-state index in [2.05, 4.69) is 111 Å². The van der Waals surface area contributed by atoms with Gasteiger partial charge in [-0.2, -0.15) is 35.0 Å². The van der Waals surface area contributed by atoms with Crippen LogP contribution in [-0.4, -0.2) is 16.6 Å². The summed E-state index contributed by atoms with van der Waals surface area (Å²) in [6.45, 7) is 9.55. The number of rotatable bonds is 1. The van der Waals surface area contributed by atoms with E-state index in [1.54, 1.807) is 0 Å². The molecule has 0 saturated heterocycles. The van der Waals surface area contributed by atoms with Crippen LogP contribution >= 0.6 is 0 Å². The summed E-state index contributed by atoms with van der Waals surface area (Å²) < 4.78 is 0. The predicted octanol–water partition coefficient (Wildman–Crippen LogP) is 0.697. The van der Waals surface area contributed by atoms with Gasteiger partial charge in [-0.15, -0.1) is 59.3 Å². The molecule has 0 bridgehead atoms. The maximum atomic E-state index is 2.39. The molecule has 0 unspecified atom stereocenters. The fraction of sp³-hybridized carbons (Fsp3) is 0.182. The van der Waals surface area contributed by atoms with Crippen LogP contribution in [0.3, 0.4) is 0 Å². The molecule has 140 valence electrons. The Hall–Kier alpha value is -0.443. The van der Waals surface area contributed by atoms with E-state index in [4.69, 9.17) is 0 Å². The summed E-state index contributed by atoms with van der Waals surface area (Å²) in [5.41, 5.74) is 0. The van der Waals surface area contributed by atoms with Crippen molar-refractivity contribution in [1.82, 2.24) is 0 Å². The molecule has 0 heterocycles. The van der Waals surface area contributed by atoms with Crippen LogP contribution in [0.5, 0.6) is 0 Å². The second kappa shape index (κ2) is 15.5. The van der Waals surface area contributed by atoms with Crippen molar-refractivity contribution in [2.45, 2.75) is 26.2 Å². The molecule has 2 radical (unpaired) electrons. The van der Waals surface area contributed by atoms with Crippen molar-refractivity contribution in [3.05, 3.63) is 84.9 Å². The van der Waals surface area contributed by atoms with Crippen LogP contribution in [0, 0.1) is 0 Å². The molecule has 27 heavy (non-hydrogen) atoms. The summed E-state index contributed by atoms with van der Waals surface area (Å²) in [6, 6.07) is 29.3. The van der Waals surface area contributed by atoms with E-state index in [-0.39, 0.29) is 67.6 Å². The number of halogens is 2. The topological polar surface area (TPSA) is 0 Å². The minimum absolute atomic E-state index is 0. The van der Waals surface area contributed by atoms with E-state index < -0.39 is 0 Å². The van der Waals surface area contributed by atoms with Crippen LogP contribution in [0.2, 0.25) is 26.2 Å². The quantitative estimate of drug-likeness (QED) is 0.262. The van der Waals surface area contributed by atoms with Gasteiger partial charge in [0.25, 0.3) is 0 Å². The normalized spacial score (nSPS) is 9.26. The van der Waals surface area contributed by atoms with Gasteiger partial charge in [-0.1, -0.05) is 38.3 Å². The van der Waals surface area contributed by atoms with Crippen molar-refractivity contribution in [3.63, 3.8) is 0 Å². The Labute approximate surface area is 199 Å². The Bertz CT molecular complexity index is 721. The van der Waals surface area contributed by atoms with Crippen LogP contribution in [0.4, 0.5) is 0 Å². The van der Waals surface area contributed by atoms with Gasteiger partial charge in [0.1, 0.15) is 0 Å². The van der Waals surface area contributed by atoms with E-state index >= 15 is 0 Å². The van der Waals surface area contributed by atoms with Crippen molar-refractivity contribution >= 4 is 38.2 Å². The number of benzene rings is 2. The Balaban J connectivity index is 0. The summed E-state index contributed by atoms with van der Waals surface area (Å²) in [7, 11) is 0.300. The average molecular weight is 509 g/mol. The molecule has 0 N–H and O–H groups in total. The Morgan fingerprint density at radius 2 is 0.889 bits per heavy atom. The summed E-state index contributed by atoms with van der Waals surface area (Å²) >= 11 is 0. The maximum Gasteiger partial charge on any atom is 4.00 e. The molecule has 5 heteroatoms. The molecule has 0 aliphatic rings. The summed E-state index contributed by atoms with van der Waals surface area (Å²) in [5, 5.41) is 5.32. The smallest absolute Gasteiger partial charge is 1.00 e. The molecule has 0 fully saturated rings. The fourth-order valence-electron chi connectivity index (χ4n) is 2.14. The summed E-state index contributed by atoms with van der Waals surface area (Å²) in [5.74, 6) is 0. The third-order valence-electron chi connectivity index (χ3n) is 4.10. The second-order valence-electron chi connectivity index (χ2n) is 6.31. The van der Waals surface area contributed by atoms with Crippen LogP contribution in [0.25, 0.3) is 21.5 Å². The third-order valence-corrected chi connectivity index (χ3v) is 12.1. The van der Waals surface area contributed by atoms with Crippen LogP contribution in [-0.2, 0) is 26.2 Å². The van der Waals surface area contributed by atoms with Gasteiger partial charge in [-0.3, -0.25) is 0 Å². The zero-order valence-electron chi connectivity index (χ0n) is 16.3. The Morgan fingerprint density at radius 1 is 0.556 bits per heavy atom. The van der Waals surface area contributed by atoms with Gasteiger partial charge in [0.05, 0.1) is 0 Å². The fourth-order valence-corrected chi connectivity index (χ4v) is 2.14. The van der Waals surface area contributed by atoms with Gasteiger partial charge < -0.3 is 24.8 Å². The van der Waals surface area contributed by atoms with E-state index in [0.29, 0.717) is 0 Å². The largest absolute Gasteiger partial charge is 4.00 e. The molecule has 4 aromatic carbocycles. The number of fused-ring (bicyclic) bond motifs is 2. The Kier molecular flexibility index (Phi) is 16.5. The van der Waals surface area contributed by atoms with Crippen molar-refractivity contribution in [2.24, 2.45) is 0 Å². The first-order valence-corrected chi connectivity index (χ1v) is 14.4. The van der Waals surface area contributed by atoms with Gasteiger partial charge in [0.2, 0.25) is 0 Å². The van der Waals surface area contributed by atoms with E-state index in [0.717, 1.165) is 0 Å². The molecular formula is C22H26Cl2Si2Zr. The molecule has 0 aromatic heterocycles. The monoisotopic (exact) mass is 506 g/mol. The van der Waals surface area contributed by atoms with Gasteiger partial charge >= 0.3 is 26.2 Å². The SMILES string of the molecule is C[Si](C)[Si](C)C.[Cl-].[Cl-].[Zr+4].c1ccc2[cH-]ccc2c1.c1ccc2[cH-]ccc2c1. The number of hydrogen-bond acceptors (Lipinski definition) is 0. The molecule has 0 atom stereocenters. The minimum atomic E-state index is 0. The van der Waals surface area contributed by atoms with Gasteiger partial charge in [0, 0.05) is 16.6 Å². The molecule has 0 spiro atoms. The minimum Gasteiger partial charge on any atom is -1.00 e. The molecule has 4 aromatic rings. The first-order valence-electron chi connectivity index (χ1n) is 8.39. The summed E-state index contributed by atoms with van der Waals surface area (Å²) in [6.07, 6.45) is 0. The van der Waals surface area contributed by atoms with Gasteiger partial charge in [0.15, 0.2) is 0 Å². The molecule has 0 aliphatic heterocycles. The molecule has 4 rings (SSSR count). The molecule has 0 aliphatic carbocycles. The first kappa shape index (κ1) is 28.8. The Morgan fingerprint density at radius 3 is 1.19 bits per heavy atom. The zero-order chi connectivity index (χ0) is 17.4. The molecular weight excluding hydrogens is 483 g/mol. The van der Waals surface area contributed by atoms with E-state index in [1.165, 1.54) is 21.5 Å². The summed E-state index contributed by atoms with van der Waals surface area (Å²) in [4.78, 5) is 0. The predicted molar refractivity (Wildman–Crippen MR) is 114 cm³/mol. The maximum absolute atomic E-state index is 2.39. The molecule has 0 nitrogen and oxygen atoms in total. The molecule has 0 saturated carbocycles. The van der Waals surface area contributed by atoms with Crippen molar-refractivity contribution in [2.75, 3.05) is 0 Å². The van der Waals surface area contributed by atoms with Crippen LogP contribution < -0.4 is 24.8 Å². The zero-order valence-corrected chi connectivity index (χ0v) is 22.3. The second-order valence-corrected chi connectivity index (χ2v) is 16.3. The van der Waals surface area contributed by atoms with Crippen LogP contribution in [0.1, 0.15) is 0 Å². The van der Waals surface area contributed by atoms with E-state index in [9.17, 15) is 0 Å². The van der Waals surface area contributed by atoms with Crippen molar-refractivity contribution in [1.29, 1.82) is 0 Å². The van der Waals surface area contributed by atoms with Crippen molar-refractivity contribution < 1.29 is 51.0 Å². The van der Waals surface area contributed by atoms with E-state index in [1.807, 2.05) is 0 Å². The standard InChI is InChI=1S/2C9H7.C4H12Si2.2ClH.Zr/c2*1-2-5-9-7-3-6-8(9)4-1;1-5(2)6(3)4;;;/h2*1-7H;1-4H3;2*1H;/q2*-1;;;;+4/p-2. The first-order chi connectivity index (χ1) is 11.6. The van der Waals surface area contributed by atoms with Crippen LogP contribution in [0.15, 0.2) is 84.9 Å². The van der Waals surface area contributed by atoms with Crippen molar-refractivity contribution in [3.8, 4) is 0 Å². The average Bonchev–Trinajstić information content (AvgIpc) is 3.24.